The summed E-state index contributed by atoms with van der Waals surface area (Å²) in [4.78, 5) is 0. The Hall–Kier alpha value is -1.43. The van der Waals surface area contributed by atoms with Gasteiger partial charge in [0.25, 0.3) is 6.43 Å². The minimum atomic E-state index is -2.47. The van der Waals surface area contributed by atoms with Crippen LogP contribution in [-0.4, -0.2) is 10.2 Å². The molecule has 2 aromatic rings. The number of halogens is 2. The molecule has 0 aliphatic carbocycles. The van der Waals surface area contributed by atoms with Gasteiger partial charge in [-0.3, -0.25) is 5.10 Å². The van der Waals surface area contributed by atoms with Crippen molar-refractivity contribution in [1.29, 1.82) is 0 Å². The highest BCUT2D eigenvalue weighted by Gasteiger charge is 2.16. The van der Waals surface area contributed by atoms with Gasteiger partial charge in [-0.15, -0.1) is 0 Å². The van der Waals surface area contributed by atoms with E-state index in [-0.39, 0.29) is 5.56 Å². The highest BCUT2D eigenvalue weighted by molar-refractivity contribution is 7.08. The van der Waals surface area contributed by atoms with Gasteiger partial charge in [-0.1, -0.05) is 0 Å². The molecule has 0 radical (unpaired) electrons. The number of hydrogen-bond donors (Lipinski definition) is 2. The Bertz CT molecular complexity index is 435. The van der Waals surface area contributed by atoms with E-state index in [9.17, 15) is 8.78 Å². The van der Waals surface area contributed by atoms with Crippen LogP contribution >= 0.6 is 11.3 Å². The number of alkyl halides is 2. The lowest BCUT2D eigenvalue weighted by Crippen LogP contribution is -1.84. The number of hydrogen-bond acceptors (Lipinski definition) is 3. The lowest BCUT2D eigenvalue weighted by atomic mass is 10.1. The Balaban J connectivity index is 2.46. The van der Waals surface area contributed by atoms with E-state index in [2.05, 4.69) is 10.2 Å². The fraction of sp³-hybridized carbons (Fsp3) is 0.125. The molecule has 0 bridgehead atoms. The van der Waals surface area contributed by atoms with Crippen LogP contribution in [-0.2, 0) is 0 Å². The van der Waals surface area contributed by atoms with Crippen LogP contribution in [0.2, 0.25) is 0 Å². The van der Waals surface area contributed by atoms with Gasteiger partial charge in [-0.25, -0.2) is 8.78 Å². The molecule has 0 unspecified atom stereocenters. The average Bonchev–Trinajstić information content (AvgIpc) is 2.70. The normalized spacial score (nSPS) is 11.1. The molecule has 74 valence electrons. The number of thiophene rings is 1. The maximum Gasteiger partial charge on any atom is 0.265 e. The van der Waals surface area contributed by atoms with Crippen LogP contribution in [0.25, 0.3) is 11.3 Å². The quantitative estimate of drug-likeness (QED) is 0.809. The molecule has 6 heteroatoms. The molecule has 0 saturated carbocycles. The molecule has 2 rings (SSSR count). The maximum absolute atomic E-state index is 12.5. The average molecular weight is 215 g/mol. The second kappa shape index (κ2) is 3.38. The summed E-state index contributed by atoms with van der Waals surface area (Å²) in [5.41, 5.74) is 6.39. The molecule has 3 N–H and O–H groups in total. The first-order valence-electron chi connectivity index (χ1n) is 3.84. The highest BCUT2D eigenvalue weighted by atomic mass is 32.1. The fourth-order valence-electron chi connectivity index (χ4n) is 1.17. The lowest BCUT2D eigenvalue weighted by Gasteiger charge is -1.98. The first kappa shape index (κ1) is 9.14. The molecule has 0 aliphatic heterocycles. The van der Waals surface area contributed by atoms with Gasteiger partial charge in [0.05, 0.1) is 5.69 Å². The Morgan fingerprint density at radius 1 is 1.43 bits per heavy atom. The Morgan fingerprint density at radius 3 is 2.79 bits per heavy atom. The molecule has 0 amide bonds. The molecule has 14 heavy (non-hydrogen) atoms. The third kappa shape index (κ3) is 1.48. The topological polar surface area (TPSA) is 54.7 Å². The number of rotatable bonds is 2. The molecule has 0 spiro atoms. The largest absolute Gasteiger partial charge is 0.382 e. The van der Waals surface area contributed by atoms with Crippen molar-refractivity contribution in [2.24, 2.45) is 0 Å². The highest BCUT2D eigenvalue weighted by Crippen LogP contribution is 2.33. The van der Waals surface area contributed by atoms with E-state index in [0.29, 0.717) is 17.1 Å². The lowest BCUT2D eigenvalue weighted by molar-refractivity contribution is 0.152. The van der Waals surface area contributed by atoms with Crippen molar-refractivity contribution in [3.05, 3.63) is 22.4 Å². The number of aromatic amines is 1. The second-order valence-electron chi connectivity index (χ2n) is 2.75. The Morgan fingerprint density at radius 2 is 2.21 bits per heavy atom. The van der Waals surface area contributed by atoms with Crippen LogP contribution in [0.3, 0.4) is 0 Å². The van der Waals surface area contributed by atoms with Gasteiger partial charge in [-0.2, -0.15) is 16.4 Å². The molecule has 2 heterocycles. The van der Waals surface area contributed by atoms with Crippen LogP contribution < -0.4 is 5.73 Å². The van der Waals surface area contributed by atoms with Crippen molar-refractivity contribution in [1.82, 2.24) is 10.2 Å². The van der Waals surface area contributed by atoms with Gasteiger partial charge in [0.15, 0.2) is 0 Å². The van der Waals surface area contributed by atoms with Gasteiger partial charge in [0.2, 0.25) is 0 Å². The first-order chi connectivity index (χ1) is 6.68. The summed E-state index contributed by atoms with van der Waals surface area (Å²) in [5.74, 6) is 0.298. The number of nitrogens with one attached hydrogen (secondary N) is 1. The summed E-state index contributed by atoms with van der Waals surface area (Å²) in [6.45, 7) is 0. The van der Waals surface area contributed by atoms with Gasteiger partial charge < -0.3 is 5.73 Å². The summed E-state index contributed by atoms with van der Waals surface area (Å²) in [5, 5.41) is 9.36. The van der Waals surface area contributed by atoms with Crippen molar-refractivity contribution in [2.45, 2.75) is 6.43 Å². The molecular weight excluding hydrogens is 208 g/mol. The van der Waals surface area contributed by atoms with E-state index in [4.69, 9.17) is 5.73 Å². The van der Waals surface area contributed by atoms with Crippen LogP contribution in [0.5, 0.6) is 0 Å². The maximum atomic E-state index is 12.5. The third-order valence-corrected chi connectivity index (χ3v) is 2.58. The van der Waals surface area contributed by atoms with Crippen molar-refractivity contribution >= 4 is 17.2 Å². The molecule has 3 nitrogen and oxygen atoms in total. The number of aromatic nitrogens is 2. The second-order valence-corrected chi connectivity index (χ2v) is 3.49. The van der Waals surface area contributed by atoms with Crippen molar-refractivity contribution in [3.8, 4) is 11.3 Å². The summed E-state index contributed by atoms with van der Waals surface area (Å²) < 4.78 is 25.0. The van der Waals surface area contributed by atoms with Crippen molar-refractivity contribution in [2.75, 3.05) is 5.73 Å². The summed E-state index contributed by atoms with van der Waals surface area (Å²) in [7, 11) is 0. The fourth-order valence-corrected chi connectivity index (χ4v) is 2.01. The van der Waals surface area contributed by atoms with Crippen molar-refractivity contribution < 1.29 is 8.78 Å². The van der Waals surface area contributed by atoms with Gasteiger partial charge in [0.1, 0.15) is 5.82 Å². The zero-order chi connectivity index (χ0) is 10.1. The zero-order valence-electron chi connectivity index (χ0n) is 7.00. The smallest absolute Gasteiger partial charge is 0.265 e. The molecule has 0 aromatic carbocycles. The molecule has 0 saturated heterocycles. The van der Waals surface area contributed by atoms with Gasteiger partial charge in [-0.05, 0) is 0 Å². The van der Waals surface area contributed by atoms with Crippen molar-refractivity contribution in [3.63, 3.8) is 0 Å². The van der Waals surface area contributed by atoms with E-state index in [1.807, 2.05) is 0 Å². The number of anilines is 1. The predicted octanol–water partition coefficient (Wildman–Crippen LogP) is 2.66. The Kier molecular flexibility index (Phi) is 2.20. The van der Waals surface area contributed by atoms with E-state index >= 15 is 0 Å². The number of nitrogens with two attached hydrogens (primary N) is 1. The molecular formula is C8H7F2N3S. The summed E-state index contributed by atoms with van der Waals surface area (Å²) >= 11 is 1.23. The standard InChI is InChI=1S/C8H7F2N3S/c9-8(10)5-3-14-2-4(5)6-1-7(11)13-12-6/h1-3,8H,(H3,11,12,13). The van der Waals surface area contributed by atoms with Crippen LogP contribution in [0.4, 0.5) is 14.6 Å². The number of H-pyrrole nitrogens is 1. The van der Waals surface area contributed by atoms with E-state index < -0.39 is 6.43 Å². The predicted molar refractivity (Wildman–Crippen MR) is 51.3 cm³/mol. The monoisotopic (exact) mass is 215 g/mol. The SMILES string of the molecule is Nc1cc(-c2cscc2C(F)F)[nH]n1. The van der Waals surface area contributed by atoms with Crippen LogP contribution in [0, 0.1) is 0 Å². The van der Waals surface area contributed by atoms with E-state index in [1.165, 1.54) is 22.8 Å². The van der Waals surface area contributed by atoms with Gasteiger partial charge >= 0.3 is 0 Å². The minimum Gasteiger partial charge on any atom is -0.382 e. The zero-order valence-corrected chi connectivity index (χ0v) is 7.81. The number of nitrogen functional groups attached to an aromatic ring is 1. The Labute approximate surface area is 82.6 Å². The molecule has 2 aromatic heterocycles. The van der Waals surface area contributed by atoms with E-state index in [0.717, 1.165) is 0 Å². The summed E-state index contributed by atoms with van der Waals surface area (Å²) in [6, 6.07) is 1.54. The molecule has 0 atom stereocenters. The van der Waals surface area contributed by atoms with E-state index in [1.54, 1.807) is 5.38 Å². The third-order valence-electron chi connectivity index (χ3n) is 1.81. The molecule has 0 aliphatic rings. The molecule has 0 fully saturated rings. The van der Waals surface area contributed by atoms with Gasteiger partial charge in [0, 0.05) is 28.0 Å². The van der Waals surface area contributed by atoms with Crippen LogP contribution in [0.15, 0.2) is 16.8 Å². The minimum absolute atomic E-state index is 0.0126. The number of nitrogens with zero attached hydrogens (tertiary/aromatic N) is 1. The van der Waals surface area contributed by atoms with Crippen LogP contribution in [0.1, 0.15) is 12.0 Å². The summed E-state index contributed by atoms with van der Waals surface area (Å²) in [6.07, 6.45) is -2.47. The first-order valence-corrected chi connectivity index (χ1v) is 4.78.